The molecule has 0 bridgehead atoms. The fourth-order valence-electron chi connectivity index (χ4n) is 6.07. The Kier molecular flexibility index (Phi) is 8.86. The van der Waals surface area contributed by atoms with Crippen molar-refractivity contribution in [1.82, 2.24) is 19.4 Å². The van der Waals surface area contributed by atoms with Gasteiger partial charge in [0, 0.05) is 48.8 Å². The molecule has 0 radical (unpaired) electrons. The van der Waals surface area contributed by atoms with Crippen LogP contribution in [0.15, 0.2) is 46.8 Å². The highest BCUT2D eigenvalue weighted by Crippen LogP contribution is 2.33. The van der Waals surface area contributed by atoms with Gasteiger partial charge in [0.05, 0.1) is 0 Å². The van der Waals surface area contributed by atoms with Crippen molar-refractivity contribution < 1.29 is 35.9 Å². The zero-order chi connectivity index (χ0) is 32.7. The lowest BCUT2D eigenvalue weighted by Gasteiger charge is -2.34. The van der Waals surface area contributed by atoms with Gasteiger partial charge in [0.15, 0.2) is 0 Å². The number of aryl methyl sites for hydroxylation is 2. The van der Waals surface area contributed by atoms with Gasteiger partial charge in [-0.15, -0.1) is 13.2 Å². The van der Waals surface area contributed by atoms with E-state index in [0.29, 0.717) is 30.3 Å². The maximum absolute atomic E-state index is 13.3. The van der Waals surface area contributed by atoms with Crippen LogP contribution in [-0.2, 0) is 14.8 Å². The van der Waals surface area contributed by atoms with Crippen molar-refractivity contribution in [2.45, 2.75) is 51.1 Å². The fourth-order valence-corrected chi connectivity index (χ4v) is 7.25. The molecule has 14 heteroatoms. The molecule has 2 amide bonds. The first-order valence-electron chi connectivity index (χ1n) is 14.6. The fraction of sp³-hybridized carbons (Fsp3) is 0.452. The highest BCUT2D eigenvalue weighted by Gasteiger charge is 2.47. The third-order valence-electron chi connectivity index (χ3n) is 8.66. The molecule has 1 atom stereocenters. The second-order valence-electron chi connectivity index (χ2n) is 11.9. The van der Waals surface area contributed by atoms with Crippen molar-refractivity contribution in [3.8, 4) is 5.75 Å². The number of amidine groups is 1. The molecule has 2 fully saturated rings. The standard InChI is InChI=1S/C31H36F3N5O5S/c1-20-16-23(28(40)38-12-8-24(19-38)37(3)4)17-21(2)26(20)9-15-45(42,43)39-13-10-30(11-14-39)29(41)35-27(36-30)22-6-5-7-25(18-22)44-31(32,33)34/h5-7,9,15-18,24H,8,10-14,19H2,1-4H3,(H,35,36,41)/b15-9+/t24-/m1/s1. The topological polar surface area (TPSA) is 112 Å². The van der Waals surface area contributed by atoms with Crippen LogP contribution in [0.5, 0.6) is 5.75 Å². The van der Waals surface area contributed by atoms with Crippen LogP contribution in [0.4, 0.5) is 13.2 Å². The Hall–Kier alpha value is -3.75. The number of nitrogens with zero attached hydrogens (tertiary/aromatic N) is 4. The summed E-state index contributed by atoms with van der Waals surface area (Å²) < 4.78 is 69.8. The predicted molar refractivity (Wildman–Crippen MR) is 163 cm³/mol. The molecule has 3 aliphatic rings. The number of likely N-dealkylation sites (tertiary alicyclic amines) is 1. The summed E-state index contributed by atoms with van der Waals surface area (Å²) in [4.78, 5) is 34.6. The van der Waals surface area contributed by atoms with Crippen molar-refractivity contribution in [2.75, 3.05) is 40.3 Å². The van der Waals surface area contributed by atoms with E-state index in [1.165, 1.54) is 22.5 Å². The van der Waals surface area contributed by atoms with Crippen LogP contribution >= 0.6 is 0 Å². The Morgan fingerprint density at radius 3 is 2.38 bits per heavy atom. The number of amides is 2. The lowest BCUT2D eigenvalue weighted by atomic mass is 9.89. The van der Waals surface area contributed by atoms with Crippen LogP contribution in [0, 0.1) is 13.8 Å². The highest BCUT2D eigenvalue weighted by molar-refractivity contribution is 7.92. The van der Waals surface area contributed by atoms with E-state index in [1.54, 1.807) is 12.1 Å². The Balaban J connectivity index is 1.25. The van der Waals surface area contributed by atoms with Gasteiger partial charge in [-0.2, -0.15) is 4.31 Å². The molecule has 2 aromatic rings. The Bertz CT molecular complexity index is 1640. The summed E-state index contributed by atoms with van der Waals surface area (Å²) in [5.74, 6) is -0.805. The minimum Gasteiger partial charge on any atom is -0.406 e. The molecule has 0 aromatic heterocycles. The molecule has 3 heterocycles. The normalized spacial score (nSPS) is 20.7. The van der Waals surface area contributed by atoms with Crippen molar-refractivity contribution in [1.29, 1.82) is 0 Å². The molecule has 10 nitrogen and oxygen atoms in total. The van der Waals surface area contributed by atoms with E-state index in [0.717, 1.165) is 35.1 Å². The third-order valence-corrected chi connectivity index (χ3v) is 10.2. The molecule has 2 saturated heterocycles. The number of ether oxygens (including phenoxy) is 1. The number of piperidine rings is 1. The van der Waals surface area contributed by atoms with Crippen LogP contribution in [0.2, 0.25) is 0 Å². The van der Waals surface area contributed by atoms with Crippen LogP contribution < -0.4 is 10.1 Å². The second kappa shape index (κ2) is 12.2. The molecule has 3 aliphatic heterocycles. The molecular formula is C31H36F3N5O5S. The lowest BCUT2D eigenvalue weighted by molar-refractivity contribution is -0.274. The van der Waals surface area contributed by atoms with E-state index in [9.17, 15) is 31.2 Å². The quantitative estimate of drug-likeness (QED) is 0.491. The number of nitrogens with one attached hydrogen (secondary N) is 1. The number of alkyl halides is 3. The van der Waals surface area contributed by atoms with Crippen molar-refractivity contribution in [3.63, 3.8) is 0 Å². The minimum absolute atomic E-state index is 0.0310. The van der Waals surface area contributed by atoms with Gasteiger partial charge >= 0.3 is 6.36 Å². The smallest absolute Gasteiger partial charge is 0.406 e. The number of likely N-dealkylation sites (N-methyl/N-ethyl adjacent to an activating group) is 1. The van der Waals surface area contributed by atoms with Gasteiger partial charge in [0.25, 0.3) is 11.8 Å². The van der Waals surface area contributed by atoms with Crippen LogP contribution in [0.3, 0.4) is 0 Å². The van der Waals surface area contributed by atoms with E-state index >= 15 is 0 Å². The Labute approximate surface area is 260 Å². The summed E-state index contributed by atoms with van der Waals surface area (Å²) in [7, 11) is 0.155. The molecule has 5 rings (SSSR count). The Morgan fingerprint density at radius 2 is 1.78 bits per heavy atom. The molecule has 242 valence electrons. The van der Waals surface area contributed by atoms with Gasteiger partial charge in [-0.3, -0.25) is 14.6 Å². The van der Waals surface area contributed by atoms with E-state index < -0.39 is 33.6 Å². The number of halogens is 3. The van der Waals surface area contributed by atoms with Gasteiger partial charge in [-0.25, -0.2) is 8.42 Å². The first-order valence-corrected chi connectivity index (χ1v) is 16.1. The van der Waals surface area contributed by atoms with Crippen molar-refractivity contribution in [3.05, 3.63) is 69.6 Å². The lowest BCUT2D eigenvalue weighted by Crippen LogP contribution is -2.50. The van der Waals surface area contributed by atoms with Crippen molar-refractivity contribution >= 4 is 33.7 Å². The summed E-state index contributed by atoms with van der Waals surface area (Å²) in [5.41, 5.74) is 1.86. The van der Waals surface area contributed by atoms with Gasteiger partial charge in [-0.1, -0.05) is 12.1 Å². The molecule has 45 heavy (non-hydrogen) atoms. The number of hydrogen-bond acceptors (Lipinski definition) is 7. The number of hydrogen-bond donors (Lipinski definition) is 1. The number of aliphatic imine (C=N–C) groups is 1. The first-order chi connectivity index (χ1) is 21.1. The number of benzene rings is 2. The maximum atomic E-state index is 13.3. The van der Waals surface area contributed by atoms with E-state index in [1.807, 2.05) is 32.8 Å². The molecule has 0 unspecified atom stereocenters. The summed E-state index contributed by atoms with van der Waals surface area (Å²) in [6.07, 6.45) is -2.20. The van der Waals surface area contributed by atoms with Crippen LogP contribution in [0.1, 0.15) is 51.9 Å². The largest absolute Gasteiger partial charge is 0.573 e. The minimum atomic E-state index is -4.86. The molecule has 2 aromatic carbocycles. The van der Waals surface area contributed by atoms with E-state index in [2.05, 4.69) is 19.9 Å². The average Bonchev–Trinajstić information content (AvgIpc) is 3.57. The summed E-state index contributed by atoms with van der Waals surface area (Å²) in [5, 5.41) is 3.77. The molecule has 1 spiro atoms. The molecular weight excluding hydrogens is 611 g/mol. The van der Waals surface area contributed by atoms with Gasteiger partial charge in [-0.05, 0) is 94.2 Å². The maximum Gasteiger partial charge on any atom is 0.573 e. The van der Waals surface area contributed by atoms with Crippen LogP contribution in [0.25, 0.3) is 6.08 Å². The second-order valence-corrected chi connectivity index (χ2v) is 13.8. The summed E-state index contributed by atoms with van der Waals surface area (Å²) >= 11 is 0. The SMILES string of the molecule is Cc1cc(C(=O)N2CC[C@@H](N(C)C)C2)cc(C)c1/C=C/S(=O)(=O)N1CCC2(CC1)N=C(c1cccc(OC(F)(F)F)c1)NC2=O. The Morgan fingerprint density at radius 1 is 1.11 bits per heavy atom. The third kappa shape index (κ3) is 7.07. The number of rotatable bonds is 7. The molecule has 0 saturated carbocycles. The van der Waals surface area contributed by atoms with Crippen LogP contribution in [-0.4, -0.2) is 98.4 Å². The summed E-state index contributed by atoms with van der Waals surface area (Å²) in [6.45, 7) is 5.10. The van der Waals surface area contributed by atoms with Gasteiger partial charge < -0.3 is 19.9 Å². The predicted octanol–water partition coefficient (Wildman–Crippen LogP) is 3.69. The average molecular weight is 648 g/mol. The molecule has 0 aliphatic carbocycles. The van der Waals surface area contributed by atoms with Crippen molar-refractivity contribution in [2.24, 2.45) is 4.99 Å². The van der Waals surface area contributed by atoms with Gasteiger partial charge in [0.2, 0.25) is 10.0 Å². The first kappa shape index (κ1) is 32.6. The number of carbonyl (C=O) groups excluding carboxylic acids is 2. The van der Waals surface area contributed by atoms with E-state index in [-0.39, 0.29) is 43.2 Å². The highest BCUT2D eigenvalue weighted by atomic mass is 32.2. The molecule has 1 N–H and O–H groups in total. The number of carbonyl (C=O) groups is 2. The zero-order valence-corrected chi connectivity index (χ0v) is 26.3. The monoisotopic (exact) mass is 647 g/mol. The van der Waals surface area contributed by atoms with E-state index in [4.69, 9.17) is 0 Å². The number of sulfonamides is 1. The van der Waals surface area contributed by atoms with Gasteiger partial charge in [0.1, 0.15) is 17.1 Å². The summed E-state index contributed by atoms with van der Waals surface area (Å²) in [6, 6.07) is 9.04. The zero-order valence-electron chi connectivity index (χ0n) is 25.5.